The Labute approximate surface area is 172 Å². The molecule has 0 aromatic heterocycles. The van der Waals surface area contributed by atoms with Gasteiger partial charge in [-0.05, 0) is 43.5 Å². The Morgan fingerprint density at radius 1 is 0.966 bits per heavy atom. The number of rotatable bonds is 8. The molecule has 2 amide bonds. The molecule has 0 atom stereocenters. The summed E-state index contributed by atoms with van der Waals surface area (Å²) in [7, 11) is 0. The SMILES string of the molecule is Cc1cccc(COc2cccc(C(=O)NCCNC(=O)C3CCCCC3)c2)c1. The third-order valence-corrected chi connectivity index (χ3v) is 5.27. The molecule has 1 aliphatic rings. The minimum atomic E-state index is -0.169. The molecule has 1 fully saturated rings. The van der Waals surface area contributed by atoms with E-state index in [9.17, 15) is 9.59 Å². The molecule has 1 saturated carbocycles. The van der Waals surface area contributed by atoms with E-state index in [0.29, 0.717) is 31.0 Å². The van der Waals surface area contributed by atoms with Crippen LogP contribution in [0.2, 0.25) is 0 Å². The fourth-order valence-corrected chi connectivity index (χ4v) is 3.67. The second-order valence-electron chi connectivity index (χ2n) is 7.69. The highest BCUT2D eigenvalue weighted by Crippen LogP contribution is 2.23. The van der Waals surface area contributed by atoms with Gasteiger partial charge in [-0.15, -0.1) is 0 Å². The molecular weight excluding hydrogens is 364 g/mol. The number of hydrogen-bond acceptors (Lipinski definition) is 3. The van der Waals surface area contributed by atoms with E-state index >= 15 is 0 Å². The summed E-state index contributed by atoms with van der Waals surface area (Å²) in [4.78, 5) is 24.5. The maximum Gasteiger partial charge on any atom is 0.251 e. The summed E-state index contributed by atoms with van der Waals surface area (Å²) >= 11 is 0. The number of ether oxygens (including phenoxy) is 1. The summed E-state index contributed by atoms with van der Waals surface area (Å²) in [5.74, 6) is 0.745. The Bertz CT molecular complexity index is 828. The van der Waals surface area contributed by atoms with E-state index in [1.54, 1.807) is 12.1 Å². The number of benzene rings is 2. The normalized spacial score (nSPS) is 14.2. The molecule has 0 heterocycles. The first-order valence-corrected chi connectivity index (χ1v) is 10.5. The van der Waals surface area contributed by atoms with Gasteiger partial charge in [0.25, 0.3) is 5.91 Å². The lowest BCUT2D eigenvalue weighted by Crippen LogP contribution is -2.38. The van der Waals surface area contributed by atoms with E-state index in [2.05, 4.69) is 16.7 Å². The molecule has 0 saturated heterocycles. The van der Waals surface area contributed by atoms with Crippen LogP contribution >= 0.6 is 0 Å². The fourth-order valence-electron chi connectivity index (χ4n) is 3.67. The predicted octanol–water partition coefficient (Wildman–Crippen LogP) is 4.00. The van der Waals surface area contributed by atoms with Crippen molar-refractivity contribution in [3.8, 4) is 5.75 Å². The Kier molecular flexibility index (Phi) is 7.68. The van der Waals surface area contributed by atoms with Crippen molar-refractivity contribution in [2.24, 2.45) is 5.92 Å². The Morgan fingerprint density at radius 2 is 1.72 bits per heavy atom. The molecule has 3 rings (SSSR count). The van der Waals surface area contributed by atoms with Crippen molar-refractivity contribution in [1.82, 2.24) is 10.6 Å². The molecular formula is C24H30N2O3. The van der Waals surface area contributed by atoms with E-state index in [1.807, 2.05) is 37.3 Å². The summed E-state index contributed by atoms with van der Waals surface area (Å²) in [5.41, 5.74) is 2.83. The van der Waals surface area contributed by atoms with Crippen molar-refractivity contribution >= 4 is 11.8 Å². The highest BCUT2D eigenvalue weighted by atomic mass is 16.5. The molecule has 5 nitrogen and oxygen atoms in total. The molecule has 0 spiro atoms. The lowest BCUT2D eigenvalue weighted by atomic mass is 9.89. The highest BCUT2D eigenvalue weighted by molar-refractivity contribution is 5.94. The largest absolute Gasteiger partial charge is 0.489 e. The lowest BCUT2D eigenvalue weighted by molar-refractivity contribution is -0.125. The van der Waals surface area contributed by atoms with Crippen molar-refractivity contribution in [2.75, 3.05) is 13.1 Å². The third kappa shape index (κ3) is 6.63. The minimum absolute atomic E-state index is 0.116. The molecule has 154 valence electrons. The van der Waals surface area contributed by atoms with Crippen LogP contribution in [0.3, 0.4) is 0 Å². The molecule has 0 radical (unpaired) electrons. The molecule has 2 aromatic carbocycles. The Hall–Kier alpha value is -2.82. The summed E-state index contributed by atoms with van der Waals surface area (Å²) in [5, 5.41) is 5.79. The first-order chi connectivity index (χ1) is 14.1. The van der Waals surface area contributed by atoms with Gasteiger partial charge in [0.15, 0.2) is 0 Å². The van der Waals surface area contributed by atoms with Crippen LogP contribution in [-0.2, 0) is 11.4 Å². The zero-order valence-electron chi connectivity index (χ0n) is 17.1. The fraction of sp³-hybridized carbons (Fsp3) is 0.417. The molecule has 0 bridgehead atoms. The van der Waals surface area contributed by atoms with Crippen LogP contribution in [0.1, 0.15) is 53.6 Å². The van der Waals surface area contributed by atoms with Gasteiger partial charge < -0.3 is 15.4 Å². The minimum Gasteiger partial charge on any atom is -0.489 e. The van der Waals surface area contributed by atoms with Crippen LogP contribution in [0.4, 0.5) is 0 Å². The number of amides is 2. The molecule has 0 aliphatic heterocycles. The maximum atomic E-state index is 12.4. The van der Waals surface area contributed by atoms with Crippen molar-refractivity contribution in [1.29, 1.82) is 0 Å². The van der Waals surface area contributed by atoms with Gasteiger partial charge in [-0.3, -0.25) is 9.59 Å². The summed E-state index contributed by atoms with van der Waals surface area (Å²) in [6, 6.07) is 15.3. The van der Waals surface area contributed by atoms with Gasteiger partial charge in [-0.1, -0.05) is 55.2 Å². The van der Waals surface area contributed by atoms with Gasteiger partial charge in [0.1, 0.15) is 12.4 Å². The number of aryl methyl sites for hydroxylation is 1. The zero-order chi connectivity index (χ0) is 20.5. The van der Waals surface area contributed by atoms with Crippen LogP contribution in [0, 0.1) is 12.8 Å². The lowest BCUT2D eigenvalue weighted by Gasteiger charge is -2.20. The third-order valence-electron chi connectivity index (χ3n) is 5.27. The second-order valence-corrected chi connectivity index (χ2v) is 7.69. The molecule has 29 heavy (non-hydrogen) atoms. The van der Waals surface area contributed by atoms with Gasteiger partial charge >= 0.3 is 0 Å². The van der Waals surface area contributed by atoms with E-state index in [4.69, 9.17) is 4.74 Å². The average molecular weight is 395 g/mol. The number of carbonyl (C=O) groups excluding carboxylic acids is 2. The Balaban J connectivity index is 1.42. The van der Waals surface area contributed by atoms with Gasteiger partial charge in [0.05, 0.1) is 0 Å². The van der Waals surface area contributed by atoms with E-state index in [-0.39, 0.29) is 17.7 Å². The monoisotopic (exact) mass is 394 g/mol. The molecule has 0 unspecified atom stereocenters. The van der Waals surface area contributed by atoms with Crippen LogP contribution < -0.4 is 15.4 Å². The Morgan fingerprint density at radius 3 is 2.52 bits per heavy atom. The van der Waals surface area contributed by atoms with Crippen LogP contribution in [0.25, 0.3) is 0 Å². The van der Waals surface area contributed by atoms with Gasteiger partial charge in [0, 0.05) is 24.6 Å². The van der Waals surface area contributed by atoms with Crippen LogP contribution in [0.15, 0.2) is 48.5 Å². The summed E-state index contributed by atoms with van der Waals surface area (Å²) < 4.78 is 5.83. The van der Waals surface area contributed by atoms with Crippen molar-refractivity contribution in [3.63, 3.8) is 0 Å². The van der Waals surface area contributed by atoms with E-state index in [1.165, 1.54) is 12.0 Å². The van der Waals surface area contributed by atoms with E-state index in [0.717, 1.165) is 31.2 Å². The quantitative estimate of drug-likeness (QED) is 0.665. The van der Waals surface area contributed by atoms with Gasteiger partial charge in [-0.25, -0.2) is 0 Å². The van der Waals surface area contributed by atoms with Crippen molar-refractivity contribution in [2.45, 2.75) is 45.6 Å². The predicted molar refractivity (Wildman–Crippen MR) is 114 cm³/mol. The second kappa shape index (κ2) is 10.6. The highest BCUT2D eigenvalue weighted by Gasteiger charge is 2.20. The number of carbonyl (C=O) groups is 2. The molecule has 5 heteroatoms. The average Bonchev–Trinajstić information content (AvgIpc) is 2.76. The first-order valence-electron chi connectivity index (χ1n) is 10.5. The summed E-state index contributed by atoms with van der Waals surface area (Å²) in [6.45, 7) is 3.36. The zero-order valence-corrected chi connectivity index (χ0v) is 17.1. The number of nitrogens with one attached hydrogen (secondary N) is 2. The van der Waals surface area contributed by atoms with E-state index < -0.39 is 0 Å². The van der Waals surface area contributed by atoms with Crippen LogP contribution in [0.5, 0.6) is 5.75 Å². The topological polar surface area (TPSA) is 67.4 Å². The summed E-state index contributed by atoms with van der Waals surface area (Å²) in [6.07, 6.45) is 5.46. The van der Waals surface area contributed by atoms with Crippen molar-refractivity contribution < 1.29 is 14.3 Å². The van der Waals surface area contributed by atoms with Gasteiger partial charge in [-0.2, -0.15) is 0 Å². The number of hydrogen-bond donors (Lipinski definition) is 2. The maximum absolute atomic E-state index is 12.4. The standard InChI is InChI=1S/C24H30N2O3/c1-18-7-5-8-19(15-18)17-29-22-12-6-11-21(16-22)24(28)26-14-13-25-23(27)20-9-3-2-4-10-20/h5-8,11-12,15-16,20H,2-4,9-10,13-14,17H2,1H3,(H,25,27)(H,26,28). The smallest absolute Gasteiger partial charge is 0.251 e. The molecule has 2 N–H and O–H groups in total. The molecule has 1 aliphatic carbocycles. The first kappa shape index (κ1) is 20.9. The van der Waals surface area contributed by atoms with Crippen molar-refractivity contribution in [3.05, 3.63) is 65.2 Å². The van der Waals surface area contributed by atoms with Crippen LogP contribution in [-0.4, -0.2) is 24.9 Å². The van der Waals surface area contributed by atoms with Gasteiger partial charge in [0.2, 0.25) is 5.91 Å². The molecule has 2 aromatic rings.